The second-order valence-electron chi connectivity index (χ2n) is 6.57. The molecule has 1 aromatic rings. The Labute approximate surface area is 157 Å². The minimum absolute atomic E-state index is 0.0647. The zero-order valence-electron chi connectivity index (χ0n) is 15.3. The highest BCUT2D eigenvalue weighted by atomic mass is 32.2. The van der Waals surface area contributed by atoms with Crippen molar-refractivity contribution < 1.29 is 31.3 Å². The second kappa shape index (κ2) is 8.57. The highest BCUT2D eigenvalue weighted by molar-refractivity contribution is 7.89. The quantitative estimate of drug-likeness (QED) is 0.721. The molecule has 1 atom stereocenters. The average Bonchev–Trinajstić information content (AvgIpc) is 2.65. The van der Waals surface area contributed by atoms with Gasteiger partial charge in [0.25, 0.3) is 5.91 Å². The summed E-state index contributed by atoms with van der Waals surface area (Å²) in [4.78, 5) is 12.3. The number of nitrogens with zero attached hydrogens (tertiary/aromatic N) is 1. The lowest BCUT2D eigenvalue weighted by atomic mass is 10.2. The van der Waals surface area contributed by atoms with Crippen LogP contribution in [0.3, 0.4) is 0 Å². The van der Waals surface area contributed by atoms with Gasteiger partial charge in [-0.2, -0.15) is 17.5 Å². The Morgan fingerprint density at radius 2 is 1.85 bits per heavy atom. The number of amides is 1. The van der Waals surface area contributed by atoms with E-state index in [2.05, 4.69) is 5.32 Å². The molecule has 6 nitrogen and oxygen atoms in total. The molecule has 0 unspecified atom stereocenters. The fraction of sp³-hybridized carbons (Fsp3) is 0.588. The molecule has 2 rings (SSSR count). The molecule has 1 fully saturated rings. The molecule has 2 N–H and O–H groups in total. The van der Waals surface area contributed by atoms with Crippen LogP contribution in [0.2, 0.25) is 0 Å². The number of halogens is 3. The highest BCUT2D eigenvalue weighted by Gasteiger charge is 2.40. The molecule has 1 aromatic carbocycles. The summed E-state index contributed by atoms with van der Waals surface area (Å²) < 4.78 is 66.1. The summed E-state index contributed by atoms with van der Waals surface area (Å²) in [5.74, 6) is -0.106. The Balaban J connectivity index is 2.11. The molecule has 1 amide bonds. The number of sulfonamides is 1. The molecule has 1 aliphatic heterocycles. The predicted molar refractivity (Wildman–Crippen MR) is 93.7 cm³/mol. The van der Waals surface area contributed by atoms with Gasteiger partial charge < -0.3 is 10.2 Å². The lowest BCUT2D eigenvalue weighted by molar-refractivity contribution is -0.917. The van der Waals surface area contributed by atoms with Crippen LogP contribution in [-0.4, -0.2) is 57.4 Å². The van der Waals surface area contributed by atoms with Gasteiger partial charge in [0.05, 0.1) is 36.6 Å². The molecule has 0 spiro atoms. The minimum Gasteiger partial charge on any atom is -0.351 e. The third-order valence-electron chi connectivity index (χ3n) is 4.73. The van der Waals surface area contributed by atoms with Gasteiger partial charge in [-0.15, -0.1) is 0 Å². The highest BCUT2D eigenvalue weighted by Crippen LogP contribution is 2.35. The summed E-state index contributed by atoms with van der Waals surface area (Å²) >= 11 is 0. The molecule has 1 aliphatic rings. The van der Waals surface area contributed by atoms with Crippen molar-refractivity contribution in [3.8, 4) is 0 Å². The molecule has 0 saturated carbocycles. The van der Waals surface area contributed by atoms with Gasteiger partial charge in [-0.05, 0) is 25.5 Å². The van der Waals surface area contributed by atoms with E-state index in [0.29, 0.717) is 19.6 Å². The molecular formula is C17H25F3N3O3S+. The third kappa shape index (κ3) is 4.99. The predicted octanol–water partition coefficient (Wildman–Crippen LogP) is 0.509. The van der Waals surface area contributed by atoms with Gasteiger partial charge in [-0.1, -0.05) is 19.1 Å². The summed E-state index contributed by atoms with van der Waals surface area (Å²) in [6.07, 6.45) is -3.93. The first-order valence-electron chi connectivity index (χ1n) is 8.87. The van der Waals surface area contributed by atoms with Crippen LogP contribution in [0.1, 0.15) is 25.8 Å². The smallest absolute Gasteiger partial charge is 0.351 e. The average molecular weight is 408 g/mol. The van der Waals surface area contributed by atoms with E-state index in [1.165, 1.54) is 12.1 Å². The van der Waals surface area contributed by atoms with Crippen molar-refractivity contribution in [1.82, 2.24) is 9.62 Å². The summed E-state index contributed by atoms with van der Waals surface area (Å²) in [6, 6.07) is 3.86. The Hall–Kier alpha value is -1.65. The maximum atomic E-state index is 13.2. The number of nitrogens with one attached hydrogen (secondary N) is 2. The SMILES string of the molecule is CCCNC(=O)[C@H](C)[NH+]1CCN(S(=O)(=O)c2ccccc2C(F)(F)F)CC1. The zero-order chi connectivity index (χ0) is 20.2. The summed E-state index contributed by atoms with van der Waals surface area (Å²) in [7, 11) is -4.26. The van der Waals surface area contributed by atoms with E-state index in [1.807, 2.05) is 6.92 Å². The van der Waals surface area contributed by atoms with Crippen molar-refractivity contribution in [2.24, 2.45) is 0 Å². The lowest BCUT2D eigenvalue weighted by Gasteiger charge is -2.34. The number of hydrogen-bond acceptors (Lipinski definition) is 3. The van der Waals surface area contributed by atoms with E-state index in [1.54, 1.807) is 6.92 Å². The molecule has 10 heteroatoms. The van der Waals surface area contributed by atoms with Crippen LogP contribution in [0.25, 0.3) is 0 Å². The molecular weight excluding hydrogens is 383 g/mol. The van der Waals surface area contributed by atoms with Gasteiger partial charge in [-0.3, -0.25) is 4.79 Å². The van der Waals surface area contributed by atoms with Gasteiger partial charge in [0.15, 0.2) is 6.04 Å². The molecule has 1 saturated heterocycles. The second-order valence-corrected chi connectivity index (χ2v) is 8.48. The molecule has 1 heterocycles. The fourth-order valence-corrected chi connectivity index (χ4v) is 4.75. The van der Waals surface area contributed by atoms with Crippen LogP contribution in [-0.2, 0) is 21.0 Å². The Morgan fingerprint density at radius 1 is 1.26 bits per heavy atom. The number of piperazine rings is 1. The van der Waals surface area contributed by atoms with Crippen LogP contribution in [0.15, 0.2) is 29.2 Å². The van der Waals surface area contributed by atoms with Crippen LogP contribution in [0.5, 0.6) is 0 Å². The summed E-state index contributed by atoms with van der Waals surface area (Å²) in [6.45, 7) is 5.13. The van der Waals surface area contributed by atoms with Crippen molar-refractivity contribution in [2.75, 3.05) is 32.7 Å². The zero-order valence-corrected chi connectivity index (χ0v) is 16.2. The maximum absolute atomic E-state index is 13.2. The van der Waals surface area contributed by atoms with E-state index < -0.39 is 26.7 Å². The number of hydrogen-bond donors (Lipinski definition) is 2. The molecule has 27 heavy (non-hydrogen) atoms. The molecule has 0 aliphatic carbocycles. The first kappa shape index (κ1) is 21.6. The number of rotatable bonds is 6. The van der Waals surface area contributed by atoms with Crippen molar-refractivity contribution in [1.29, 1.82) is 0 Å². The first-order chi connectivity index (χ1) is 12.6. The molecule has 152 valence electrons. The van der Waals surface area contributed by atoms with E-state index in [0.717, 1.165) is 27.8 Å². The number of alkyl halides is 3. The summed E-state index contributed by atoms with van der Waals surface area (Å²) in [5, 5.41) is 2.80. The maximum Gasteiger partial charge on any atom is 0.417 e. The Kier molecular flexibility index (Phi) is 6.87. The molecule has 0 aromatic heterocycles. The van der Waals surface area contributed by atoms with Crippen molar-refractivity contribution in [3.63, 3.8) is 0 Å². The Morgan fingerprint density at radius 3 is 2.41 bits per heavy atom. The standard InChI is InChI=1S/C17H24F3N3O3S/c1-3-8-21-16(24)13(2)22-9-11-23(12-10-22)27(25,26)15-7-5-4-6-14(15)17(18,19)20/h4-7,13H,3,8-12H2,1-2H3,(H,21,24)/p+1/t13-/m0/s1. The van der Waals surface area contributed by atoms with Crippen LogP contribution >= 0.6 is 0 Å². The van der Waals surface area contributed by atoms with E-state index in [9.17, 15) is 26.4 Å². The van der Waals surface area contributed by atoms with Crippen molar-refractivity contribution >= 4 is 15.9 Å². The first-order valence-corrected chi connectivity index (χ1v) is 10.3. The van der Waals surface area contributed by atoms with E-state index in [4.69, 9.17) is 0 Å². The van der Waals surface area contributed by atoms with Crippen LogP contribution in [0, 0.1) is 0 Å². The third-order valence-corrected chi connectivity index (χ3v) is 6.69. The fourth-order valence-electron chi connectivity index (χ4n) is 3.10. The van der Waals surface area contributed by atoms with Gasteiger partial charge >= 0.3 is 6.18 Å². The normalized spacial score (nSPS) is 18.3. The van der Waals surface area contributed by atoms with Gasteiger partial charge in [-0.25, -0.2) is 8.42 Å². The van der Waals surface area contributed by atoms with E-state index >= 15 is 0 Å². The van der Waals surface area contributed by atoms with Gasteiger partial charge in [0.1, 0.15) is 0 Å². The van der Waals surface area contributed by atoms with Crippen LogP contribution < -0.4 is 10.2 Å². The number of carbonyl (C=O) groups excluding carboxylic acids is 1. The topological polar surface area (TPSA) is 70.9 Å². The minimum atomic E-state index is -4.75. The van der Waals surface area contributed by atoms with Gasteiger partial charge in [0, 0.05) is 6.54 Å². The van der Waals surface area contributed by atoms with Crippen LogP contribution in [0.4, 0.5) is 13.2 Å². The lowest BCUT2D eigenvalue weighted by Crippen LogP contribution is -3.19. The largest absolute Gasteiger partial charge is 0.417 e. The molecule has 0 radical (unpaired) electrons. The van der Waals surface area contributed by atoms with Gasteiger partial charge in [0.2, 0.25) is 10.0 Å². The Bertz CT molecular complexity index is 760. The summed E-state index contributed by atoms with van der Waals surface area (Å²) in [5.41, 5.74) is -1.16. The monoisotopic (exact) mass is 408 g/mol. The number of quaternary nitrogens is 1. The van der Waals surface area contributed by atoms with Crippen molar-refractivity contribution in [3.05, 3.63) is 29.8 Å². The van der Waals surface area contributed by atoms with Crippen molar-refractivity contribution in [2.45, 2.75) is 37.4 Å². The number of benzene rings is 1. The number of carbonyl (C=O) groups is 1. The van der Waals surface area contributed by atoms with E-state index in [-0.39, 0.29) is 25.0 Å². The molecule has 0 bridgehead atoms.